The molecule has 1 aliphatic heterocycles. The van der Waals surface area contributed by atoms with Gasteiger partial charge in [0.1, 0.15) is 6.04 Å². The zero-order chi connectivity index (χ0) is 20.6. The standard InChI is InChI=1S/C22H28N4O3/c1-16(2)29-19-11-8-12-23-20(19)25-22(28)24-18(15-17-9-4-3-5-10-17)21(27)26-13-6-7-14-26/h3-5,8-12,16,18H,6-7,13-15H2,1-2H3,(H2,23,24,25,28)/t18-/m1/s1. The van der Waals surface area contributed by atoms with E-state index in [1.165, 1.54) is 0 Å². The first-order chi connectivity index (χ1) is 14.0. The molecule has 1 atom stereocenters. The third-order valence-electron chi connectivity index (χ3n) is 4.67. The van der Waals surface area contributed by atoms with Crippen molar-refractivity contribution in [2.24, 2.45) is 0 Å². The van der Waals surface area contributed by atoms with E-state index in [2.05, 4.69) is 15.6 Å². The minimum Gasteiger partial charge on any atom is -0.487 e. The van der Waals surface area contributed by atoms with E-state index in [0.29, 0.717) is 18.0 Å². The van der Waals surface area contributed by atoms with Gasteiger partial charge < -0.3 is 15.0 Å². The molecular weight excluding hydrogens is 368 g/mol. The maximum Gasteiger partial charge on any atom is 0.321 e. The van der Waals surface area contributed by atoms with E-state index in [4.69, 9.17) is 4.74 Å². The summed E-state index contributed by atoms with van der Waals surface area (Å²) in [6.07, 6.45) is 3.96. The van der Waals surface area contributed by atoms with Crippen molar-refractivity contribution in [3.63, 3.8) is 0 Å². The fourth-order valence-electron chi connectivity index (χ4n) is 3.34. The largest absolute Gasteiger partial charge is 0.487 e. The Morgan fingerprint density at radius 2 is 1.83 bits per heavy atom. The quantitative estimate of drug-likeness (QED) is 0.753. The fraction of sp³-hybridized carbons (Fsp3) is 0.409. The Balaban J connectivity index is 1.71. The summed E-state index contributed by atoms with van der Waals surface area (Å²) in [6.45, 7) is 5.28. The molecule has 0 saturated carbocycles. The molecule has 7 heteroatoms. The zero-order valence-corrected chi connectivity index (χ0v) is 16.9. The number of ether oxygens (including phenoxy) is 1. The van der Waals surface area contributed by atoms with E-state index in [-0.39, 0.29) is 12.0 Å². The van der Waals surface area contributed by atoms with Gasteiger partial charge in [0.15, 0.2) is 11.6 Å². The molecule has 0 radical (unpaired) electrons. The third-order valence-corrected chi connectivity index (χ3v) is 4.67. The molecule has 0 spiro atoms. The van der Waals surface area contributed by atoms with Crippen LogP contribution in [-0.4, -0.2) is 47.1 Å². The van der Waals surface area contributed by atoms with Crippen molar-refractivity contribution in [2.45, 2.75) is 45.3 Å². The summed E-state index contributed by atoms with van der Waals surface area (Å²) in [4.78, 5) is 31.7. The Kier molecular flexibility index (Phi) is 7.05. The van der Waals surface area contributed by atoms with Gasteiger partial charge in [0, 0.05) is 25.7 Å². The summed E-state index contributed by atoms with van der Waals surface area (Å²) in [5, 5.41) is 5.56. The Labute approximate surface area is 171 Å². The second-order valence-corrected chi connectivity index (χ2v) is 7.39. The lowest BCUT2D eigenvalue weighted by Crippen LogP contribution is -2.50. The van der Waals surface area contributed by atoms with Crippen molar-refractivity contribution in [3.8, 4) is 5.75 Å². The van der Waals surface area contributed by atoms with Crippen LogP contribution in [0.4, 0.5) is 10.6 Å². The van der Waals surface area contributed by atoms with E-state index in [1.807, 2.05) is 49.1 Å². The molecule has 2 N–H and O–H groups in total. The van der Waals surface area contributed by atoms with Gasteiger partial charge in [-0.3, -0.25) is 10.1 Å². The topological polar surface area (TPSA) is 83.6 Å². The SMILES string of the molecule is CC(C)Oc1cccnc1NC(=O)N[C@H](Cc1ccccc1)C(=O)N1CCCC1. The van der Waals surface area contributed by atoms with E-state index >= 15 is 0 Å². The van der Waals surface area contributed by atoms with E-state index in [0.717, 1.165) is 31.5 Å². The van der Waals surface area contributed by atoms with Gasteiger partial charge >= 0.3 is 6.03 Å². The summed E-state index contributed by atoms with van der Waals surface area (Å²) in [5.41, 5.74) is 0.993. The minimum absolute atomic E-state index is 0.0506. The summed E-state index contributed by atoms with van der Waals surface area (Å²) in [5.74, 6) is 0.759. The first-order valence-corrected chi connectivity index (χ1v) is 10.0. The number of amides is 3. The summed E-state index contributed by atoms with van der Waals surface area (Å²) >= 11 is 0. The number of hydrogen-bond donors (Lipinski definition) is 2. The normalized spacial score (nSPS) is 14.5. The molecule has 0 bridgehead atoms. The number of likely N-dealkylation sites (tertiary alicyclic amines) is 1. The minimum atomic E-state index is -0.645. The molecule has 1 aromatic heterocycles. The van der Waals surface area contributed by atoms with Crippen LogP contribution in [0.5, 0.6) is 5.75 Å². The Bertz CT molecular complexity index is 820. The number of aromatic nitrogens is 1. The average Bonchev–Trinajstić information content (AvgIpc) is 3.24. The van der Waals surface area contributed by atoms with Crippen molar-refractivity contribution >= 4 is 17.8 Å². The maximum atomic E-state index is 13.0. The molecule has 1 fully saturated rings. The Hall–Kier alpha value is -3.09. The third kappa shape index (κ3) is 5.94. The number of carbonyl (C=O) groups is 2. The predicted octanol–water partition coefficient (Wildman–Crippen LogP) is 3.22. The molecule has 1 aliphatic rings. The van der Waals surface area contributed by atoms with Gasteiger partial charge in [0.25, 0.3) is 0 Å². The summed E-state index contributed by atoms with van der Waals surface area (Å²) in [7, 11) is 0. The van der Waals surface area contributed by atoms with Gasteiger partial charge in [0.05, 0.1) is 6.10 Å². The van der Waals surface area contributed by atoms with Crippen LogP contribution in [0.1, 0.15) is 32.3 Å². The van der Waals surface area contributed by atoms with Crippen LogP contribution >= 0.6 is 0 Å². The molecule has 29 heavy (non-hydrogen) atoms. The lowest BCUT2D eigenvalue weighted by atomic mass is 10.0. The van der Waals surface area contributed by atoms with Crippen molar-refractivity contribution in [1.29, 1.82) is 0 Å². The second kappa shape index (κ2) is 9.91. The van der Waals surface area contributed by atoms with Crippen molar-refractivity contribution < 1.29 is 14.3 Å². The van der Waals surface area contributed by atoms with Crippen LogP contribution in [0.25, 0.3) is 0 Å². The number of hydrogen-bond acceptors (Lipinski definition) is 4. The number of rotatable bonds is 7. The van der Waals surface area contributed by atoms with Crippen LogP contribution in [0.3, 0.4) is 0 Å². The number of urea groups is 1. The number of carbonyl (C=O) groups excluding carboxylic acids is 2. The molecule has 1 saturated heterocycles. The van der Waals surface area contributed by atoms with Gasteiger partial charge in [-0.05, 0) is 44.4 Å². The Morgan fingerprint density at radius 1 is 1.10 bits per heavy atom. The van der Waals surface area contributed by atoms with Crippen molar-refractivity contribution in [1.82, 2.24) is 15.2 Å². The monoisotopic (exact) mass is 396 g/mol. The molecule has 2 heterocycles. The molecule has 0 aliphatic carbocycles. The zero-order valence-electron chi connectivity index (χ0n) is 16.9. The maximum absolute atomic E-state index is 13.0. The highest BCUT2D eigenvalue weighted by Gasteiger charge is 2.28. The first kappa shape index (κ1) is 20.6. The van der Waals surface area contributed by atoms with Crippen LogP contribution < -0.4 is 15.4 Å². The molecule has 3 rings (SSSR count). The van der Waals surface area contributed by atoms with Crippen LogP contribution in [0.2, 0.25) is 0 Å². The predicted molar refractivity (Wildman–Crippen MR) is 112 cm³/mol. The van der Waals surface area contributed by atoms with Gasteiger partial charge in [-0.25, -0.2) is 9.78 Å². The van der Waals surface area contributed by atoms with Crippen molar-refractivity contribution in [3.05, 3.63) is 54.2 Å². The lowest BCUT2D eigenvalue weighted by molar-refractivity contribution is -0.132. The molecule has 2 aromatic rings. The highest BCUT2D eigenvalue weighted by molar-refractivity contribution is 5.94. The molecule has 3 amide bonds. The summed E-state index contributed by atoms with van der Waals surface area (Å²) < 4.78 is 5.70. The van der Waals surface area contributed by atoms with E-state index < -0.39 is 12.1 Å². The van der Waals surface area contributed by atoms with Gasteiger partial charge in [0.2, 0.25) is 5.91 Å². The molecular formula is C22H28N4O3. The Morgan fingerprint density at radius 3 is 2.52 bits per heavy atom. The average molecular weight is 396 g/mol. The molecule has 0 unspecified atom stereocenters. The van der Waals surface area contributed by atoms with Gasteiger partial charge in [-0.15, -0.1) is 0 Å². The van der Waals surface area contributed by atoms with E-state index in [1.54, 1.807) is 18.3 Å². The highest BCUT2D eigenvalue weighted by atomic mass is 16.5. The number of pyridine rings is 1. The second-order valence-electron chi connectivity index (χ2n) is 7.39. The highest BCUT2D eigenvalue weighted by Crippen LogP contribution is 2.22. The number of benzene rings is 1. The van der Waals surface area contributed by atoms with Crippen LogP contribution in [0.15, 0.2) is 48.7 Å². The van der Waals surface area contributed by atoms with E-state index in [9.17, 15) is 9.59 Å². The number of anilines is 1. The van der Waals surface area contributed by atoms with Gasteiger partial charge in [-0.2, -0.15) is 0 Å². The van der Waals surface area contributed by atoms with Gasteiger partial charge in [-0.1, -0.05) is 30.3 Å². The van der Waals surface area contributed by atoms with Crippen LogP contribution in [0, 0.1) is 0 Å². The van der Waals surface area contributed by atoms with Crippen molar-refractivity contribution in [2.75, 3.05) is 18.4 Å². The fourth-order valence-corrected chi connectivity index (χ4v) is 3.34. The first-order valence-electron chi connectivity index (χ1n) is 10.0. The molecule has 154 valence electrons. The summed E-state index contributed by atoms with van der Waals surface area (Å²) in [6, 6.07) is 12.1. The molecule has 1 aromatic carbocycles. The van der Waals surface area contributed by atoms with Crippen LogP contribution in [-0.2, 0) is 11.2 Å². The smallest absolute Gasteiger partial charge is 0.321 e. The number of nitrogens with one attached hydrogen (secondary N) is 2. The number of nitrogens with zero attached hydrogens (tertiary/aromatic N) is 2. The molecule has 7 nitrogen and oxygen atoms in total. The lowest BCUT2D eigenvalue weighted by Gasteiger charge is -2.24.